The summed E-state index contributed by atoms with van der Waals surface area (Å²) >= 11 is 2.04. The van der Waals surface area contributed by atoms with Crippen molar-refractivity contribution in [3.63, 3.8) is 0 Å². The van der Waals surface area contributed by atoms with Crippen molar-refractivity contribution in [3.05, 3.63) is 0 Å². The topological polar surface area (TPSA) is 15.3 Å². The van der Waals surface area contributed by atoms with Crippen molar-refractivity contribution in [3.8, 4) is 0 Å². The molecule has 2 nitrogen and oxygen atoms in total. The molecule has 0 aromatic rings. The summed E-state index contributed by atoms with van der Waals surface area (Å²) in [6.07, 6.45) is 1.26. The van der Waals surface area contributed by atoms with Gasteiger partial charge in [-0.2, -0.15) is 11.8 Å². The molecule has 0 bridgehead atoms. The SMILES string of the molecule is CC(CCN(C)C)NC1CSC1. The van der Waals surface area contributed by atoms with Gasteiger partial charge in [0.2, 0.25) is 0 Å². The molecule has 1 N–H and O–H groups in total. The highest BCUT2D eigenvalue weighted by Crippen LogP contribution is 2.17. The van der Waals surface area contributed by atoms with Gasteiger partial charge in [0, 0.05) is 23.6 Å². The van der Waals surface area contributed by atoms with E-state index in [2.05, 4.69) is 31.2 Å². The van der Waals surface area contributed by atoms with E-state index in [1.807, 2.05) is 11.8 Å². The Morgan fingerprint density at radius 1 is 1.50 bits per heavy atom. The summed E-state index contributed by atoms with van der Waals surface area (Å²) in [5.41, 5.74) is 0. The highest BCUT2D eigenvalue weighted by Gasteiger charge is 2.19. The first kappa shape index (κ1) is 10.4. The summed E-state index contributed by atoms with van der Waals surface area (Å²) in [5.74, 6) is 2.62. The molecule has 72 valence electrons. The maximum atomic E-state index is 3.62. The summed E-state index contributed by atoms with van der Waals surface area (Å²) in [7, 11) is 4.26. The predicted molar refractivity (Wildman–Crippen MR) is 56.9 cm³/mol. The van der Waals surface area contributed by atoms with Crippen molar-refractivity contribution in [2.75, 3.05) is 32.1 Å². The van der Waals surface area contributed by atoms with Crippen molar-refractivity contribution in [1.29, 1.82) is 0 Å². The maximum absolute atomic E-state index is 3.62. The summed E-state index contributed by atoms with van der Waals surface area (Å²) < 4.78 is 0. The lowest BCUT2D eigenvalue weighted by molar-refractivity contribution is 0.356. The number of nitrogens with one attached hydrogen (secondary N) is 1. The molecular weight excluding hydrogens is 168 g/mol. The van der Waals surface area contributed by atoms with Crippen LogP contribution in [0.15, 0.2) is 0 Å². The molecule has 1 aliphatic heterocycles. The molecule has 0 radical (unpaired) electrons. The van der Waals surface area contributed by atoms with Crippen molar-refractivity contribution in [2.45, 2.75) is 25.4 Å². The molecular formula is C9H20N2S. The number of rotatable bonds is 5. The molecule has 1 aliphatic rings. The second-order valence-corrected chi connectivity index (χ2v) is 4.97. The minimum absolute atomic E-state index is 0.679. The third kappa shape index (κ3) is 3.78. The molecule has 0 saturated carbocycles. The molecule has 1 heterocycles. The standard InChI is InChI=1S/C9H20N2S/c1-8(4-5-11(2)3)10-9-6-12-7-9/h8-10H,4-7H2,1-3H3. The molecule has 0 spiro atoms. The number of thioether (sulfide) groups is 1. The van der Waals surface area contributed by atoms with Crippen LogP contribution in [0.4, 0.5) is 0 Å². The molecule has 3 heteroatoms. The highest BCUT2D eigenvalue weighted by atomic mass is 32.2. The van der Waals surface area contributed by atoms with E-state index in [9.17, 15) is 0 Å². The monoisotopic (exact) mass is 188 g/mol. The zero-order valence-corrected chi connectivity index (χ0v) is 9.16. The van der Waals surface area contributed by atoms with Crippen LogP contribution in [0, 0.1) is 0 Å². The van der Waals surface area contributed by atoms with Gasteiger partial charge in [0.1, 0.15) is 0 Å². The Kier molecular flexibility index (Phi) is 4.40. The van der Waals surface area contributed by atoms with Crippen molar-refractivity contribution >= 4 is 11.8 Å². The Labute approximate surface area is 80.1 Å². The van der Waals surface area contributed by atoms with E-state index < -0.39 is 0 Å². The van der Waals surface area contributed by atoms with E-state index >= 15 is 0 Å². The van der Waals surface area contributed by atoms with Gasteiger partial charge >= 0.3 is 0 Å². The molecule has 1 atom stereocenters. The zero-order valence-electron chi connectivity index (χ0n) is 8.34. The molecule has 1 fully saturated rings. The van der Waals surface area contributed by atoms with Crippen LogP contribution in [0.25, 0.3) is 0 Å². The van der Waals surface area contributed by atoms with Crippen LogP contribution >= 0.6 is 11.8 Å². The molecule has 1 unspecified atom stereocenters. The van der Waals surface area contributed by atoms with Gasteiger partial charge in [-0.25, -0.2) is 0 Å². The molecule has 1 saturated heterocycles. The number of nitrogens with zero attached hydrogens (tertiary/aromatic N) is 1. The lowest BCUT2D eigenvalue weighted by Crippen LogP contribution is -2.45. The zero-order chi connectivity index (χ0) is 8.97. The van der Waals surface area contributed by atoms with Crippen molar-refractivity contribution < 1.29 is 0 Å². The Balaban J connectivity index is 1.98. The van der Waals surface area contributed by atoms with E-state index in [0.717, 1.165) is 6.04 Å². The van der Waals surface area contributed by atoms with Gasteiger partial charge < -0.3 is 10.2 Å². The highest BCUT2D eigenvalue weighted by molar-refractivity contribution is 8.00. The second kappa shape index (κ2) is 5.10. The summed E-state index contributed by atoms with van der Waals surface area (Å²) in [6.45, 7) is 3.47. The summed E-state index contributed by atoms with van der Waals surface area (Å²) in [5, 5.41) is 3.62. The van der Waals surface area contributed by atoms with E-state index in [4.69, 9.17) is 0 Å². The van der Waals surface area contributed by atoms with Crippen LogP contribution in [-0.2, 0) is 0 Å². The predicted octanol–water partition coefficient (Wildman–Crippen LogP) is 1.03. The fourth-order valence-corrected chi connectivity index (χ4v) is 1.93. The molecule has 0 aromatic heterocycles. The average Bonchev–Trinajstić information content (AvgIpc) is 1.93. The smallest absolute Gasteiger partial charge is 0.0251 e. The third-order valence-electron chi connectivity index (χ3n) is 2.17. The number of hydrogen-bond acceptors (Lipinski definition) is 3. The summed E-state index contributed by atoms with van der Waals surface area (Å²) in [6, 6.07) is 1.48. The van der Waals surface area contributed by atoms with Gasteiger partial charge in [-0.15, -0.1) is 0 Å². The van der Waals surface area contributed by atoms with E-state index in [1.165, 1.54) is 24.5 Å². The molecule has 0 aliphatic carbocycles. The Morgan fingerprint density at radius 3 is 2.58 bits per heavy atom. The molecule has 0 aromatic carbocycles. The Morgan fingerprint density at radius 2 is 2.17 bits per heavy atom. The maximum Gasteiger partial charge on any atom is 0.0251 e. The normalized spacial score (nSPS) is 21.0. The van der Waals surface area contributed by atoms with Crippen molar-refractivity contribution in [1.82, 2.24) is 10.2 Å². The molecule has 1 rings (SSSR count). The van der Waals surface area contributed by atoms with E-state index in [-0.39, 0.29) is 0 Å². The first-order chi connectivity index (χ1) is 5.68. The van der Waals surface area contributed by atoms with Crippen LogP contribution < -0.4 is 5.32 Å². The third-order valence-corrected chi connectivity index (χ3v) is 3.44. The lowest BCUT2D eigenvalue weighted by atomic mass is 10.2. The van der Waals surface area contributed by atoms with Gasteiger partial charge in [-0.1, -0.05) is 0 Å². The van der Waals surface area contributed by atoms with Crippen molar-refractivity contribution in [2.24, 2.45) is 0 Å². The Bertz CT molecular complexity index is 124. The first-order valence-corrected chi connectivity index (χ1v) is 5.82. The van der Waals surface area contributed by atoms with Gasteiger partial charge in [0.05, 0.1) is 0 Å². The summed E-state index contributed by atoms with van der Waals surface area (Å²) in [4.78, 5) is 2.24. The van der Waals surface area contributed by atoms with Gasteiger partial charge in [0.15, 0.2) is 0 Å². The fraction of sp³-hybridized carbons (Fsp3) is 1.00. The van der Waals surface area contributed by atoms with Gasteiger partial charge in [-0.3, -0.25) is 0 Å². The molecule has 12 heavy (non-hydrogen) atoms. The van der Waals surface area contributed by atoms with Crippen LogP contribution in [-0.4, -0.2) is 49.1 Å². The van der Waals surface area contributed by atoms with Gasteiger partial charge in [0.25, 0.3) is 0 Å². The number of hydrogen-bond donors (Lipinski definition) is 1. The van der Waals surface area contributed by atoms with E-state index in [0.29, 0.717) is 6.04 Å². The quantitative estimate of drug-likeness (QED) is 0.694. The average molecular weight is 188 g/mol. The fourth-order valence-electron chi connectivity index (χ4n) is 1.27. The van der Waals surface area contributed by atoms with Crippen LogP contribution in [0.2, 0.25) is 0 Å². The van der Waals surface area contributed by atoms with Crippen LogP contribution in [0.1, 0.15) is 13.3 Å². The molecule has 0 amide bonds. The minimum atomic E-state index is 0.679. The van der Waals surface area contributed by atoms with Crippen LogP contribution in [0.3, 0.4) is 0 Å². The largest absolute Gasteiger partial charge is 0.310 e. The second-order valence-electron chi connectivity index (χ2n) is 3.89. The van der Waals surface area contributed by atoms with E-state index in [1.54, 1.807) is 0 Å². The van der Waals surface area contributed by atoms with Gasteiger partial charge in [-0.05, 0) is 34.0 Å². The lowest BCUT2D eigenvalue weighted by Gasteiger charge is -2.29. The minimum Gasteiger partial charge on any atom is -0.310 e. The first-order valence-electron chi connectivity index (χ1n) is 4.67. The van der Waals surface area contributed by atoms with Crippen LogP contribution in [0.5, 0.6) is 0 Å². The Hall–Kier alpha value is 0.270.